The van der Waals surface area contributed by atoms with Crippen LogP contribution >= 0.6 is 0 Å². The van der Waals surface area contributed by atoms with Gasteiger partial charge in [0.2, 0.25) is 35.4 Å². The van der Waals surface area contributed by atoms with Crippen LogP contribution in [0.2, 0.25) is 0 Å². The lowest BCUT2D eigenvalue weighted by molar-refractivity contribution is -0.155. The van der Waals surface area contributed by atoms with Crippen LogP contribution < -0.4 is 21.3 Å². The van der Waals surface area contributed by atoms with Crippen molar-refractivity contribution < 1.29 is 38.2 Å². The van der Waals surface area contributed by atoms with Crippen molar-refractivity contribution in [3.05, 3.63) is 71.8 Å². The van der Waals surface area contributed by atoms with Crippen LogP contribution in [-0.4, -0.2) is 105 Å². The first-order chi connectivity index (χ1) is 26.2. The Morgan fingerprint density at radius 2 is 0.857 bits per heavy atom. The summed E-state index contributed by atoms with van der Waals surface area (Å²) >= 11 is 0. The first-order valence-electron chi connectivity index (χ1n) is 19.5. The smallest absolute Gasteiger partial charge is 0.248 e. The highest BCUT2D eigenvalue weighted by molar-refractivity contribution is 5.99. The molecule has 0 unspecified atom stereocenters. The number of benzene rings is 2. The minimum Gasteiger partial charge on any atom is -0.350 e. The molecule has 0 spiro atoms. The van der Waals surface area contributed by atoms with Crippen molar-refractivity contribution >= 4 is 35.4 Å². The van der Waals surface area contributed by atoms with Crippen LogP contribution in [0.3, 0.4) is 0 Å². The molecular formula is C42H58N6O8. The molecule has 0 radical (unpaired) electrons. The van der Waals surface area contributed by atoms with Gasteiger partial charge in [-0.1, -0.05) is 88.4 Å². The fraction of sp³-hybridized carbons (Fsp3) is 0.571. The Kier molecular flexibility index (Phi) is 12.6. The summed E-state index contributed by atoms with van der Waals surface area (Å²) in [5, 5.41) is 11.6. The Labute approximate surface area is 329 Å². The lowest BCUT2D eigenvalue weighted by Crippen LogP contribution is -2.66. The number of carbonyl (C=O) groups excluding carboxylic acids is 6. The summed E-state index contributed by atoms with van der Waals surface area (Å²) in [5.41, 5.74) is -1.08. The maximum atomic E-state index is 14.8. The fourth-order valence-electron chi connectivity index (χ4n) is 8.21. The van der Waals surface area contributed by atoms with Crippen molar-refractivity contribution in [2.75, 3.05) is 0 Å². The van der Waals surface area contributed by atoms with Gasteiger partial charge in [0, 0.05) is 12.8 Å². The molecule has 0 saturated carbocycles. The van der Waals surface area contributed by atoms with Crippen LogP contribution in [0.15, 0.2) is 60.7 Å². The van der Waals surface area contributed by atoms with E-state index in [2.05, 4.69) is 21.3 Å². The standard InChI is InChI=1S/C42H58N6O8/c1-23(2)31-35(49)43-29(21-27-17-13-11-14-18-27)39(53)48-34(26(6)56-42(48,9)10)38(52)46-32(24(3)4)36(50)44-30(22-28-19-15-12-16-20-28)40(54)47-33(37(51)45-31)25(5)55-41(47,7)8/h11-20,23-26,29-34H,21-22H2,1-10H3,(H,43,49)(H,44,50)(H,45,51)(H,46,52)/t25-,26-,29-,30-,31-,32-,33-,34-/m0/s1. The molecule has 3 aliphatic heterocycles. The Bertz CT molecular complexity index is 1650. The van der Waals surface area contributed by atoms with Gasteiger partial charge in [0.15, 0.2) is 0 Å². The lowest BCUT2D eigenvalue weighted by atomic mass is 9.97. The fourth-order valence-corrected chi connectivity index (χ4v) is 8.21. The van der Waals surface area contributed by atoms with Crippen molar-refractivity contribution in [1.82, 2.24) is 31.1 Å². The molecule has 5 rings (SSSR count). The second-order valence-corrected chi connectivity index (χ2v) is 16.8. The van der Waals surface area contributed by atoms with Crippen LogP contribution in [0.1, 0.15) is 80.4 Å². The Morgan fingerprint density at radius 1 is 0.536 bits per heavy atom. The lowest BCUT2D eigenvalue weighted by Gasteiger charge is -2.38. The number of nitrogens with one attached hydrogen (secondary N) is 4. The van der Waals surface area contributed by atoms with E-state index in [9.17, 15) is 28.8 Å². The first-order valence-corrected chi connectivity index (χ1v) is 19.5. The molecule has 3 saturated heterocycles. The number of hydrogen-bond donors (Lipinski definition) is 4. The van der Waals surface area contributed by atoms with Crippen LogP contribution in [0, 0.1) is 11.8 Å². The predicted octanol–water partition coefficient (Wildman–Crippen LogP) is 2.44. The van der Waals surface area contributed by atoms with Crippen LogP contribution in [-0.2, 0) is 51.1 Å². The summed E-state index contributed by atoms with van der Waals surface area (Å²) in [7, 11) is 0. The zero-order valence-electron chi connectivity index (χ0n) is 34.1. The zero-order valence-corrected chi connectivity index (χ0v) is 34.1. The van der Waals surface area contributed by atoms with Gasteiger partial charge in [-0.15, -0.1) is 0 Å². The van der Waals surface area contributed by atoms with Crippen molar-refractivity contribution in [2.24, 2.45) is 11.8 Å². The summed E-state index contributed by atoms with van der Waals surface area (Å²) < 4.78 is 12.4. The minimum absolute atomic E-state index is 0.0727. The summed E-state index contributed by atoms with van der Waals surface area (Å²) in [5.74, 6) is -4.53. The molecule has 14 heteroatoms. The summed E-state index contributed by atoms with van der Waals surface area (Å²) in [4.78, 5) is 89.8. The number of fused-ring (bicyclic) bond motifs is 2. The molecule has 2 aromatic rings. The highest BCUT2D eigenvalue weighted by Gasteiger charge is 2.55. The molecule has 3 fully saturated rings. The van der Waals surface area contributed by atoms with Gasteiger partial charge in [0.05, 0.1) is 12.2 Å². The average molecular weight is 775 g/mol. The third-order valence-electron chi connectivity index (χ3n) is 10.9. The molecule has 0 bridgehead atoms. The third-order valence-corrected chi connectivity index (χ3v) is 10.9. The molecule has 304 valence electrons. The van der Waals surface area contributed by atoms with E-state index in [0.29, 0.717) is 0 Å². The molecular weight excluding hydrogens is 716 g/mol. The average Bonchev–Trinajstić information content (AvgIpc) is 3.52. The second kappa shape index (κ2) is 16.7. The molecule has 0 aromatic heterocycles. The van der Waals surface area contributed by atoms with Crippen molar-refractivity contribution in [2.45, 2.75) is 142 Å². The van der Waals surface area contributed by atoms with Gasteiger partial charge in [0.25, 0.3) is 0 Å². The molecule has 8 atom stereocenters. The molecule has 6 amide bonds. The number of carbonyl (C=O) groups is 6. The number of amides is 6. The van der Waals surface area contributed by atoms with Crippen molar-refractivity contribution in [3.63, 3.8) is 0 Å². The summed E-state index contributed by atoms with van der Waals surface area (Å²) in [6, 6.07) is 11.3. The van der Waals surface area contributed by atoms with E-state index in [1.807, 2.05) is 60.7 Å². The minimum atomic E-state index is -1.29. The van der Waals surface area contributed by atoms with Gasteiger partial charge >= 0.3 is 0 Å². The monoisotopic (exact) mass is 774 g/mol. The summed E-state index contributed by atoms with van der Waals surface area (Å²) in [6.45, 7) is 17.1. The van der Waals surface area contributed by atoms with Crippen molar-refractivity contribution in [3.8, 4) is 0 Å². The first kappa shape index (κ1) is 42.3. The Morgan fingerprint density at radius 3 is 1.16 bits per heavy atom. The topological polar surface area (TPSA) is 175 Å². The van der Waals surface area contributed by atoms with Gasteiger partial charge in [-0.05, 0) is 64.5 Å². The van der Waals surface area contributed by atoms with E-state index in [1.165, 1.54) is 9.80 Å². The van der Waals surface area contributed by atoms with Gasteiger partial charge in [-0.2, -0.15) is 0 Å². The van der Waals surface area contributed by atoms with E-state index in [-0.39, 0.29) is 12.8 Å². The van der Waals surface area contributed by atoms with E-state index in [4.69, 9.17) is 9.47 Å². The normalized spacial score (nSPS) is 30.2. The van der Waals surface area contributed by atoms with Gasteiger partial charge < -0.3 is 30.7 Å². The SMILES string of the molecule is CC(C)[C@@H]1NC(=O)[C@@H]2[C@H](C)OC(C)(C)N2C(=O)[C@H](Cc2ccccc2)NC(=O)[C@H](C(C)C)NC(=O)[C@@H]2[C@H](C)OC(C)(C)N2C(=O)[C@H](Cc2ccccc2)NC1=O. The third kappa shape index (κ3) is 8.91. The molecule has 14 nitrogen and oxygen atoms in total. The van der Waals surface area contributed by atoms with Crippen molar-refractivity contribution in [1.29, 1.82) is 0 Å². The molecule has 3 heterocycles. The maximum absolute atomic E-state index is 14.8. The molecule has 0 aliphatic carbocycles. The predicted molar refractivity (Wildman–Crippen MR) is 208 cm³/mol. The van der Waals surface area contributed by atoms with E-state index >= 15 is 0 Å². The number of rotatable bonds is 6. The van der Waals surface area contributed by atoms with Crippen LogP contribution in [0.5, 0.6) is 0 Å². The number of hydrogen-bond acceptors (Lipinski definition) is 8. The quantitative estimate of drug-likeness (QED) is 0.346. The Balaban J connectivity index is 1.64. The zero-order chi connectivity index (χ0) is 41.3. The van der Waals surface area contributed by atoms with E-state index < -0.39 is 107 Å². The summed E-state index contributed by atoms with van der Waals surface area (Å²) in [6.07, 6.45) is -1.45. The molecule has 2 aromatic carbocycles. The Hall–Kier alpha value is -4.82. The van der Waals surface area contributed by atoms with Gasteiger partial charge in [-0.3, -0.25) is 38.6 Å². The van der Waals surface area contributed by atoms with Gasteiger partial charge in [0.1, 0.15) is 47.7 Å². The van der Waals surface area contributed by atoms with Gasteiger partial charge in [-0.25, -0.2) is 0 Å². The molecule has 56 heavy (non-hydrogen) atoms. The molecule has 4 N–H and O–H groups in total. The highest BCUT2D eigenvalue weighted by Crippen LogP contribution is 2.35. The number of nitrogens with zero attached hydrogens (tertiary/aromatic N) is 2. The van der Waals surface area contributed by atoms with E-state index in [0.717, 1.165) is 11.1 Å². The highest BCUT2D eigenvalue weighted by atomic mass is 16.5. The largest absolute Gasteiger partial charge is 0.350 e. The van der Waals surface area contributed by atoms with Crippen LogP contribution in [0.25, 0.3) is 0 Å². The van der Waals surface area contributed by atoms with Crippen LogP contribution in [0.4, 0.5) is 0 Å². The molecule has 3 aliphatic rings. The van der Waals surface area contributed by atoms with E-state index in [1.54, 1.807) is 69.2 Å². The second-order valence-electron chi connectivity index (χ2n) is 16.8. The number of ether oxygens (including phenoxy) is 2. The maximum Gasteiger partial charge on any atom is 0.248 e.